The third-order valence-electron chi connectivity index (χ3n) is 6.58. The van der Waals surface area contributed by atoms with E-state index in [-0.39, 0.29) is 42.4 Å². The van der Waals surface area contributed by atoms with Crippen LogP contribution in [0.1, 0.15) is 63.7 Å². The molecule has 0 aromatic heterocycles. The number of fused-ring (bicyclic) bond motifs is 1. The number of carbonyl (C=O) groups is 4. The molecule has 4 amide bonds. The fourth-order valence-electron chi connectivity index (χ4n) is 4.29. The lowest BCUT2D eigenvalue weighted by Gasteiger charge is -2.29. The Bertz CT molecular complexity index is 951. The van der Waals surface area contributed by atoms with E-state index in [2.05, 4.69) is 35.1 Å². The van der Waals surface area contributed by atoms with Crippen molar-refractivity contribution >= 4 is 23.6 Å². The van der Waals surface area contributed by atoms with Gasteiger partial charge in [0.2, 0.25) is 17.7 Å². The predicted octanol–water partition coefficient (Wildman–Crippen LogP) is 1.70. The molecule has 1 aromatic rings. The van der Waals surface area contributed by atoms with Crippen molar-refractivity contribution in [2.75, 3.05) is 33.8 Å². The highest BCUT2D eigenvalue weighted by Gasteiger charge is 2.32. The van der Waals surface area contributed by atoms with Crippen molar-refractivity contribution < 1.29 is 23.9 Å². The molecule has 38 heavy (non-hydrogen) atoms. The minimum absolute atomic E-state index is 0.138. The zero-order valence-electron chi connectivity index (χ0n) is 23.6. The Balaban J connectivity index is 2.37. The minimum Gasteiger partial charge on any atom is -0.491 e. The van der Waals surface area contributed by atoms with Gasteiger partial charge < -0.3 is 30.9 Å². The molecule has 0 saturated heterocycles. The van der Waals surface area contributed by atoms with E-state index in [1.165, 1.54) is 0 Å². The number of hydrogen-bond acceptors (Lipinski definition) is 6. The van der Waals surface area contributed by atoms with Crippen LogP contribution in [0.15, 0.2) is 24.3 Å². The first-order chi connectivity index (χ1) is 18.0. The molecular weight excluding hydrogens is 486 g/mol. The number of ether oxygens (including phenoxy) is 1. The number of hydrogen-bond donors (Lipinski definition) is 4. The Morgan fingerprint density at radius 3 is 2.47 bits per heavy atom. The lowest BCUT2D eigenvalue weighted by Crippen LogP contribution is -2.56. The van der Waals surface area contributed by atoms with Gasteiger partial charge in [-0.1, -0.05) is 46.2 Å². The van der Waals surface area contributed by atoms with E-state index >= 15 is 0 Å². The van der Waals surface area contributed by atoms with E-state index in [0.717, 1.165) is 13.0 Å². The third kappa shape index (κ3) is 9.96. The summed E-state index contributed by atoms with van der Waals surface area (Å²) in [6.45, 7) is 9.30. The summed E-state index contributed by atoms with van der Waals surface area (Å²) in [6.07, 6.45) is 1.75. The molecule has 0 aliphatic carbocycles. The Kier molecular flexibility index (Phi) is 12.5. The summed E-state index contributed by atoms with van der Waals surface area (Å²) in [5.74, 6) is -1.25. The number of para-hydroxylation sites is 1. The molecule has 0 spiro atoms. The zero-order chi connectivity index (χ0) is 28.2. The lowest BCUT2D eigenvalue weighted by atomic mass is 9.96. The highest BCUT2D eigenvalue weighted by Crippen LogP contribution is 2.20. The number of nitrogens with zero attached hydrogens (tertiary/aromatic N) is 1. The largest absolute Gasteiger partial charge is 0.491 e. The van der Waals surface area contributed by atoms with Gasteiger partial charge >= 0.3 is 0 Å². The van der Waals surface area contributed by atoms with Gasteiger partial charge in [-0.25, -0.2) is 0 Å². The van der Waals surface area contributed by atoms with Gasteiger partial charge in [-0.2, -0.15) is 0 Å². The molecule has 10 heteroatoms. The first-order valence-electron chi connectivity index (χ1n) is 13.6. The summed E-state index contributed by atoms with van der Waals surface area (Å²) < 4.78 is 6.04. The fourth-order valence-corrected chi connectivity index (χ4v) is 4.29. The van der Waals surface area contributed by atoms with Crippen LogP contribution in [0.5, 0.6) is 5.75 Å². The van der Waals surface area contributed by atoms with Crippen molar-refractivity contribution in [1.82, 2.24) is 26.2 Å². The summed E-state index contributed by atoms with van der Waals surface area (Å²) in [7, 11) is 3.89. The summed E-state index contributed by atoms with van der Waals surface area (Å²) in [4.78, 5) is 54.8. The van der Waals surface area contributed by atoms with Crippen LogP contribution in [0, 0.1) is 11.8 Å². The number of benzene rings is 1. The van der Waals surface area contributed by atoms with Crippen molar-refractivity contribution in [3.8, 4) is 5.75 Å². The minimum atomic E-state index is -1.12. The number of carbonyl (C=O) groups excluding carboxylic acids is 4. The van der Waals surface area contributed by atoms with E-state index in [1.807, 2.05) is 32.8 Å². The van der Waals surface area contributed by atoms with Gasteiger partial charge in [0.25, 0.3) is 5.91 Å². The van der Waals surface area contributed by atoms with Gasteiger partial charge in [-0.05, 0) is 57.5 Å². The fraction of sp³-hybridized carbons (Fsp3) is 0.643. The highest BCUT2D eigenvalue weighted by atomic mass is 16.5. The molecule has 0 saturated carbocycles. The maximum Gasteiger partial charge on any atom is 0.255 e. The van der Waals surface area contributed by atoms with Crippen LogP contribution in [0.25, 0.3) is 0 Å². The molecule has 10 nitrogen and oxygen atoms in total. The lowest BCUT2D eigenvalue weighted by molar-refractivity contribution is -0.132. The molecule has 212 valence electrons. The molecule has 0 fully saturated rings. The second kappa shape index (κ2) is 15.3. The SMILES string of the molecule is CC[C@H](C)[C@@H]1NC(=O)C[C@@H](C(=O)NCCCN(C)C)NC(=O)c2ccccc2OC[C@@H](CC(C)C)NC1=O. The molecule has 1 heterocycles. The zero-order valence-corrected chi connectivity index (χ0v) is 23.6. The van der Waals surface area contributed by atoms with E-state index in [9.17, 15) is 19.2 Å². The van der Waals surface area contributed by atoms with Gasteiger partial charge in [0.05, 0.1) is 18.0 Å². The average molecular weight is 532 g/mol. The summed E-state index contributed by atoms with van der Waals surface area (Å²) in [5.41, 5.74) is 0.252. The number of amides is 4. The number of rotatable bonds is 9. The Labute approximate surface area is 226 Å². The maximum atomic E-state index is 13.3. The molecule has 4 N–H and O–H groups in total. The molecule has 1 aliphatic heterocycles. The van der Waals surface area contributed by atoms with Gasteiger partial charge in [-0.15, -0.1) is 0 Å². The molecule has 0 unspecified atom stereocenters. The summed E-state index contributed by atoms with van der Waals surface area (Å²) in [5, 5.41) is 11.4. The first kappa shape index (κ1) is 31.1. The van der Waals surface area contributed by atoms with Crippen LogP contribution in [0.2, 0.25) is 0 Å². The molecular formula is C28H45N5O5. The second-order valence-corrected chi connectivity index (χ2v) is 10.8. The number of nitrogens with one attached hydrogen (secondary N) is 4. The van der Waals surface area contributed by atoms with Crippen LogP contribution in [0.3, 0.4) is 0 Å². The predicted molar refractivity (Wildman–Crippen MR) is 147 cm³/mol. The van der Waals surface area contributed by atoms with Crippen molar-refractivity contribution in [2.24, 2.45) is 11.8 Å². The van der Waals surface area contributed by atoms with Crippen molar-refractivity contribution in [3.05, 3.63) is 29.8 Å². The molecule has 4 atom stereocenters. The normalized spacial score (nSPS) is 21.9. The van der Waals surface area contributed by atoms with Crippen LogP contribution in [-0.4, -0.2) is 80.4 Å². The maximum absolute atomic E-state index is 13.3. The monoisotopic (exact) mass is 531 g/mol. The Morgan fingerprint density at radius 2 is 1.82 bits per heavy atom. The molecule has 1 aliphatic rings. The first-order valence-corrected chi connectivity index (χ1v) is 13.6. The smallest absolute Gasteiger partial charge is 0.255 e. The molecule has 1 aromatic carbocycles. The quantitative estimate of drug-likeness (QED) is 0.359. The topological polar surface area (TPSA) is 129 Å². The molecule has 0 radical (unpaired) electrons. The Morgan fingerprint density at radius 1 is 1.11 bits per heavy atom. The highest BCUT2D eigenvalue weighted by molar-refractivity contribution is 6.01. The summed E-state index contributed by atoms with van der Waals surface area (Å²) >= 11 is 0. The average Bonchev–Trinajstić information content (AvgIpc) is 2.86. The van der Waals surface area contributed by atoms with Gasteiger partial charge in [-0.3, -0.25) is 19.2 Å². The van der Waals surface area contributed by atoms with E-state index < -0.39 is 29.8 Å². The van der Waals surface area contributed by atoms with Crippen LogP contribution >= 0.6 is 0 Å². The summed E-state index contributed by atoms with van der Waals surface area (Å²) in [6, 6.07) is 4.54. The van der Waals surface area contributed by atoms with Crippen LogP contribution in [0.4, 0.5) is 0 Å². The molecule has 0 bridgehead atoms. The third-order valence-corrected chi connectivity index (χ3v) is 6.58. The van der Waals surface area contributed by atoms with Crippen molar-refractivity contribution in [1.29, 1.82) is 0 Å². The Hall–Kier alpha value is -3.14. The van der Waals surface area contributed by atoms with Crippen LogP contribution < -0.4 is 26.0 Å². The van der Waals surface area contributed by atoms with Gasteiger partial charge in [0.1, 0.15) is 24.4 Å². The van der Waals surface area contributed by atoms with E-state index in [1.54, 1.807) is 24.3 Å². The van der Waals surface area contributed by atoms with Crippen molar-refractivity contribution in [3.63, 3.8) is 0 Å². The van der Waals surface area contributed by atoms with Gasteiger partial charge in [0, 0.05) is 6.54 Å². The second-order valence-electron chi connectivity index (χ2n) is 10.8. The molecule has 2 rings (SSSR count). The van der Waals surface area contributed by atoms with E-state index in [0.29, 0.717) is 25.1 Å². The van der Waals surface area contributed by atoms with Crippen molar-refractivity contribution in [2.45, 2.75) is 71.5 Å². The van der Waals surface area contributed by atoms with E-state index in [4.69, 9.17) is 4.74 Å². The standard InChI is InChI=1S/C28H45N5O5/c1-7-19(4)25-28(37)30-20(15-18(2)3)17-38-23-12-9-8-11-21(23)26(35)31-22(16-24(34)32-25)27(36)29-13-10-14-33(5)6/h8-9,11-12,18-20,22,25H,7,10,13-17H2,1-6H3,(H,29,36)(H,30,37)(H,31,35)(H,32,34)/t19-,20+,22-,25-/m0/s1. The van der Waals surface area contributed by atoms with Gasteiger partial charge in [0.15, 0.2) is 0 Å². The van der Waals surface area contributed by atoms with Crippen LogP contribution in [-0.2, 0) is 14.4 Å².